The summed E-state index contributed by atoms with van der Waals surface area (Å²) < 4.78 is 15.1. The van der Waals surface area contributed by atoms with Crippen molar-refractivity contribution in [3.05, 3.63) is 59.7 Å². The van der Waals surface area contributed by atoms with Gasteiger partial charge in [0, 0.05) is 0 Å². The van der Waals surface area contributed by atoms with Gasteiger partial charge in [0.25, 0.3) is 0 Å². The number of aliphatic hydroxyl groups excluding tert-OH is 2. The molecule has 0 radical (unpaired) electrons. The summed E-state index contributed by atoms with van der Waals surface area (Å²) in [5, 5.41) is 34.6. The lowest BCUT2D eigenvalue weighted by atomic mass is 10.1. The van der Waals surface area contributed by atoms with Crippen LogP contribution >= 0.6 is 0 Å². The van der Waals surface area contributed by atoms with Crippen LogP contribution < -0.4 is 0 Å². The van der Waals surface area contributed by atoms with Crippen LogP contribution in [0.3, 0.4) is 0 Å². The van der Waals surface area contributed by atoms with Gasteiger partial charge < -0.3 is 34.6 Å². The van der Waals surface area contributed by atoms with Crippen molar-refractivity contribution in [2.45, 2.75) is 25.4 Å². The van der Waals surface area contributed by atoms with Crippen molar-refractivity contribution in [3.63, 3.8) is 0 Å². The highest BCUT2D eigenvalue weighted by Gasteiger charge is 2.26. The van der Waals surface area contributed by atoms with E-state index in [-0.39, 0.29) is 24.7 Å². The largest absolute Gasteiger partial charge is 0.508 e. The molecule has 7 nitrogen and oxygen atoms in total. The number of epoxide rings is 2. The van der Waals surface area contributed by atoms with E-state index in [1.54, 1.807) is 6.07 Å². The van der Waals surface area contributed by atoms with E-state index in [2.05, 4.69) is 0 Å². The van der Waals surface area contributed by atoms with Gasteiger partial charge in [0.15, 0.2) is 0 Å². The second kappa shape index (κ2) is 11.5. The van der Waals surface area contributed by atoms with E-state index in [9.17, 15) is 0 Å². The Hall–Kier alpha value is -2.16. The van der Waals surface area contributed by atoms with E-state index in [0.717, 1.165) is 37.6 Å². The molecular formula is C20H26O7. The molecule has 4 N–H and O–H groups in total. The van der Waals surface area contributed by atoms with Crippen molar-refractivity contribution in [2.75, 3.05) is 26.4 Å². The Kier molecular flexibility index (Phi) is 9.03. The number of rotatable bonds is 6. The third-order valence-corrected chi connectivity index (χ3v) is 3.62. The monoisotopic (exact) mass is 378 g/mol. The number of hydrogen-bond donors (Lipinski definition) is 4. The topological polar surface area (TPSA) is 115 Å². The minimum atomic E-state index is 0.0356. The van der Waals surface area contributed by atoms with E-state index in [0.29, 0.717) is 12.2 Å². The Morgan fingerprint density at radius 2 is 1.19 bits per heavy atom. The lowest BCUT2D eigenvalue weighted by molar-refractivity contribution is 0.102. The molecule has 7 heteroatoms. The van der Waals surface area contributed by atoms with Crippen LogP contribution in [-0.4, -0.2) is 59.1 Å². The minimum Gasteiger partial charge on any atom is -0.508 e. The maximum Gasteiger partial charge on any atom is 0.115 e. The van der Waals surface area contributed by atoms with Crippen LogP contribution in [0.25, 0.3) is 0 Å². The van der Waals surface area contributed by atoms with Gasteiger partial charge >= 0.3 is 0 Å². The Bertz CT molecular complexity index is 599. The first kappa shape index (κ1) is 21.1. The standard InChI is InChI=1S/C8H10O2.C6H10O3.C6H6O2/c9-5-7-2-1-3-8(4-7)6-10;1(5-3-8-5)7-2-6-4-9-6;7-5-1-2-6(8)4-3-5/h1-4,9-10H,5-6H2;5-6H,1-4H2;1-4,7-8H. The summed E-state index contributed by atoms with van der Waals surface area (Å²) in [7, 11) is 0. The first-order valence-corrected chi connectivity index (χ1v) is 8.69. The highest BCUT2D eigenvalue weighted by atomic mass is 16.6. The van der Waals surface area contributed by atoms with E-state index >= 15 is 0 Å². The van der Waals surface area contributed by atoms with E-state index in [1.165, 1.54) is 24.3 Å². The minimum absolute atomic E-state index is 0.0356. The highest BCUT2D eigenvalue weighted by Crippen LogP contribution is 2.13. The van der Waals surface area contributed by atoms with Gasteiger partial charge in [0.2, 0.25) is 0 Å². The molecule has 0 aliphatic carbocycles. The van der Waals surface area contributed by atoms with Crippen LogP contribution in [0, 0.1) is 0 Å². The second-order valence-electron chi connectivity index (χ2n) is 6.10. The van der Waals surface area contributed by atoms with Gasteiger partial charge in [0.05, 0.1) is 39.6 Å². The second-order valence-corrected chi connectivity index (χ2v) is 6.10. The number of aromatic hydroxyl groups is 2. The fourth-order valence-corrected chi connectivity index (χ4v) is 1.94. The normalized spacial score (nSPS) is 19.2. The molecule has 0 amide bonds. The third kappa shape index (κ3) is 9.93. The molecule has 2 atom stereocenters. The van der Waals surface area contributed by atoms with Gasteiger partial charge in [-0.2, -0.15) is 0 Å². The molecule has 27 heavy (non-hydrogen) atoms. The summed E-state index contributed by atoms with van der Waals surface area (Å²) in [6, 6.07) is 12.9. The summed E-state index contributed by atoms with van der Waals surface area (Å²) in [6.07, 6.45) is 0.785. The smallest absolute Gasteiger partial charge is 0.115 e. The predicted molar refractivity (Wildman–Crippen MR) is 98.4 cm³/mol. The van der Waals surface area contributed by atoms with Gasteiger partial charge in [0.1, 0.15) is 23.7 Å². The molecular weight excluding hydrogens is 352 g/mol. The quantitative estimate of drug-likeness (QED) is 0.445. The number of phenolic OH excluding ortho intramolecular Hbond substituents is 2. The van der Waals surface area contributed by atoms with E-state index in [4.69, 9.17) is 34.6 Å². The van der Waals surface area contributed by atoms with Gasteiger partial charge in [-0.15, -0.1) is 0 Å². The van der Waals surface area contributed by atoms with Gasteiger partial charge in [-0.3, -0.25) is 0 Å². The highest BCUT2D eigenvalue weighted by molar-refractivity contribution is 5.28. The molecule has 2 aliphatic rings. The molecule has 0 saturated carbocycles. The number of aliphatic hydroxyl groups is 2. The van der Waals surface area contributed by atoms with Crippen molar-refractivity contribution in [3.8, 4) is 11.5 Å². The van der Waals surface area contributed by atoms with Crippen molar-refractivity contribution < 1.29 is 34.6 Å². The van der Waals surface area contributed by atoms with E-state index < -0.39 is 0 Å². The summed E-state index contributed by atoms with van der Waals surface area (Å²) in [4.78, 5) is 0. The van der Waals surface area contributed by atoms with Crippen LogP contribution in [0.4, 0.5) is 0 Å². The Balaban J connectivity index is 0.000000146. The van der Waals surface area contributed by atoms with Crippen molar-refractivity contribution >= 4 is 0 Å². The van der Waals surface area contributed by atoms with Gasteiger partial charge in [-0.05, 0) is 35.4 Å². The summed E-state index contributed by atoms with van der Waals surface area (Å²) in [5.74, 6) is 0.339. The molecule has 2 aliphatic heterocycles. The summed E-state index contributed by atoms with van der Waals surface area (Å²) in [6.45, 7) is 3.33. The molecule has 2 heterocycles. The molecule has 2 fully saturated rings. The molecule has 2 aromatic carbocycles. The molecule has 148 valence electrons. The molecule has 0 spiro atoms. The van der Waals surface area contributed by atoms with Gasteiger partial charge in [-0.1, -0.05) is 24.3 Å². The fraction of sp³-hybridized carbons (Fsp3) is 0.400. The lowest BCUT2D eigenvalue weighted by Gasteiger charge is -1.97. The fourth-order valence-electron chi connectivity index (χ4n) is 1.94. The number of phenols is 2. The third-order valence-electron chi connectivity index (χ3n) is 3.62. The number of benzene rings is 2. The maximum atomic E-state index is 8.68. The van der Waals surface area contributed by atoms with Crippen molar-refractivity contribution in [2.24, 2.45) is 0 Å². The zero-order chi connectivity index (χ0) is 19.5. The van der Waals surface area contributed by atoms with Crippen LogP contribution in [0.5, 0.6) is 11.5 Å². The van der Waals surface area contributed by atoms with Crippen molar-refractivity contribution in [1.29, 1.82) is 0 Å². The maximum absolute atomic E-state index is 8.68. The first-order chi connectivity index (χ1) is 13.1. The average molecular weight is 378 g/mol. The zero-order valence-electron chi connectivity index (χ0n) is 15.0. The zero-order valence-corrected chi connectivity index (χ0v) is 15.0. The van der Waals surface area contributed by atoms with E-state index in [1.807, 2.05) is 18.2 Å². The molecule has 2 aromatic rings. The molecule has 2 saturated heterocycles. The molecule has 4 rings (SSSR count). The molecule has 0 bridgehead atoms. The molecule has 2 unspecified atom stereocenters. The van der Waals surface area contributed by atoms with Crippen LogP contribution in [0.15, 0.2) is 48.5 Å². The SMILES string of the molecule is C(OCC1CO1)C1CO1.OCc1cccc(CO)c1.Oc1ccc(O)cc1. The molecule has 0 aromatic heterocycles. The Labute approximate surface area is 158 Å². The predicted octanol–water partition coefficient (Wildman–Crippen LogP) is 1.57. The summed E-state index contributed by atoms with van der Waals surface area (Å²) in [5.41, 5.74) is 1.68. The Morgan fingerprint density at radius 1 is 0.778 bits per heavy atom. The average Bonchev–Trinajstić information content (AvgIpc) is 3.61. The number of ether oxygens (including phenoxy) is 3. The van der Waals surface area contributed by atoms with Crippen molar-refractivity contribution in [1.82, 2.24) is 0 Å². The lowest BCUT2D eigenvalue weighted by Crippen LogP contribution is -2.06. The van der Waals surface area contributed by atoms with Crippen LogP contribution in [0.1, 0.15) is 11.1 Å². The van der Waals surface area contributed by atoms with Crippen LogP contribution in [-0.2, 0) is 27.4 Å². The summed E-state index contributed by atoms with van der Waals surface area (Å²) >= 11 is 0. The number of hydrogen-bond acceptors (Lipinski definition) is 7. The van der Waals surface area contributed by atoms with Crippen LogP contribution in [0.2, 0.25) is 0 Å². The Morgan fingerprint density at radius 3 is 1.52 bits per heavy atom. The first-order valence-electron chi connectivity index (χ1n) is 8.69. The van der Waals surface area contributed by atoms with Gasteiger partial charge in [-0.25, -0.2) is 0 Å².